The first kappa shape index (κ1) is 13.3. The number of ether oxygens (including phenoxy) is 2. The molecule has 0 spiro atoms. The molecule has 1 N–H and O–H groups in total. The first-order valence-corrected chi connectivity index (χ1v) is 7.33. The van der Waals surface area contributed by atoms with Gasteiger partial charge in [-0.05, 0) is 5.56 Å². The van der Waals surface area contributed by atoms with E-state index in [1.165, 1.54) is 0 Å². The van der Waals surface area contributed by atoms with Crippen LogP contribution in [0.3, 0.4) is 0 Å². The number of rotatable bonds is 5. The minimum atomic E-state index is -0.384. The molecule has 1 aliphatic rings. The highest BCUT2D eigenvalue weighted by Crippen LogP contribution is 2.22. The van der Waals surface area contributed by atoms with Crippen molar-refractivity contribution in [2.75, 3.05) is 11.0 Å². The van der Waals surface area contributed by atoms with Crippen LogP contribution in [0.5, 0.6) is 0 Å². The van der Waals surface area contributed by atoms with E-state index in [1.54, 1.807) is 0 Å². The molecule has 94 valence electrons. The molecule has 0 radical (unpaired) electrons. The maximum Gasteiger partial charge on any atom is 0.107 e. The second-order valence-corrected chi connectivity index (χ2v) is 5.14. The summed E-state index contributed by atoms with van der Waals surface area (Å²) in [6.07, 6.45) is 0.349. The lowest BCUT2D eigenvalue weighted by Gasteiger charge is -2.14. The van der Waals surface area contributed by atoms with Gasteiger partial charge in [-0.3, -0.25) is 0 Å². The third-order valence-corrected chi connectivity index (χ3v) is 3.85. The van der Waals surface area contributed by atoms with Crippen molar-refractivity contribution in [2.45, 2.75) is 31.3 Å². The van der Waals surface area contributed by atoms with Crippen molar-refractivity contribution in [1.82, 2.24) is 0 Å². The SMILES string of the molecule is O[C@H]1C[C@H](CI)O[C@H]1COCc1ccccc1. The van der Waals surface area contributed by atoms with E-state index in [-0.39, 0.29) is 18.3 Å². The zero-order chi connectivity index (χ0) is 12.1. The van der Waals surface area contributed by atoms with Crippen LogP contribution in [0.1, 0.15) is 12.0 Å². The van der Waals surface area contributed by atoms with Gasteiger partial charge in [-0.15, -0.1) is 0 Å². The first-order chi connectivity index (χ1) is 8.29. The van der Waals surface area contributed by atoms with Crippen LogP contribution < -0.4 is 0 Å². The van der Waals surface area contributed by atoms with Gasteiger partial charge in [0, 0.05) is 10.8 Å². The van der Waals surface area contributed by atoms with Gasteiger partial charge in [0.15, 0.2) is 0 Å². The summed E-state index contributed by atoms with van der Waals surface area (Å²) in [5, 5.41) is 9.78. The average molecular weight is 348 g/mol. The van der Waals surface area contributed by atoms with Gasteiger partial charge in [0.2, 0.25) is 0 Å². The Hall–Kier alpha value is -0.170. The van der Waals surface area contributed by atoms with Gasteiger partial charge in [0.1, 0.15) is 6.10 Å². The lowest BCUT2D eigenvalue weighted by atomic mass is 10.1. The molecule has 1 aromatic rings. The van der Waals surface area contributed by atoms with E-state index in [4.69, 9.17) is 9.47 Å². The lowest BCUT2D eigenvalue weighted by Crippen LogP contribution is -2.26. The molecule has 4 heteroatoms. The van der Waals surface area contributed by atoms with Crippen LogP contribution in [0.25, 0.3) is 0 Å². The first-order valence-electron chi connectivity index (χ1n) is 5.80. The third kappa shape index (κ3) is 3.91. The molecule has 1 fully saturated rings. The van der Waals surface area contributed by atoms with Crippen LogP contribution in [0.2, 0.25) is 0 Å². The Morgan fingerprint density at radius 3 is 2.76 bits per heavy atom. The number of alkyl halides is 1. The van der Waals surface area contributed by atoms with Crippen molar-refractivity contribution in [3.8, 4) is 0 Å². The molecule has 3 nitrogen and oxygen atoms in total. The quantitative estimate of drug-likeness (QED) is 0.655. The van der Waals surface area contributed by atoms with Crippen molar-refractivity contribution < 1.29 is 14.6 Å². The monoisotopic (exact) mass is 348 g/mol. The normalized spacial score (nSPS) is 28.5. The van der Waals surface area contributed by atoms with Crippen LogP contribution in [0.15, 0.2) is 30.3 Å². The van der Waals surface area contributed by atoms with Crippen molar-refractivity contribution in [1.29, 1.82) is 0 Å². The van der Waals surface area contributed by atoms with E-state index in [0.717, 1.165) is 16.4 Å². The summed E-state index contributed by atoms with van der Waals surface area (Å²) in [7, 11) is 0. The van der Waals surface area contributed by atoms with Gasteiger partial charge in [-0.2, -0.15) is 0 Å². The summed E-state index contributed by atoms with van der Waals surface area (Å²) >= 11 is 2.28. The molecule has 17 heavy (non-hydrogen) atoms. The molecule has 1 saturated heterocycles. The predicted molar refractivity (Wildman–Crippen MR) is 74.3 cm³/mol. The van der Waals surface area contributed by atoms with Gasteiger partial charge in [-0.1, -0.05) is 52.9 Å². The van der Waals surface area contributed by atoms with Crippen molar-refractivity contribution in [3.63, 3.8) is 0 Å². The fourth-order valence-corrected chi connectivity index (χ4v) is 2.50. The van der Waals surface area contributed by atoms with E-state index in [9.17, 15) is 5.11 Å². The van der Waals surface area contributed by atoms with E-state index >= 15 is 0 Å². The average Bonchev–Trinajstić information content (AvgIpc) is 2.72. The molecule has 0 unspecified atom stereocenters. The Labute approximate surface area is 115 Å². The van der Waals surface area contributed by atoms with E-state index < -0.39 is 0 Å². The molecular formula is C13H17IO3. The van der Waals surface area contributed by atoms with Crippen molar-refractivity contribution in [3.05, 3.63) is 35.9 Å². The molecule has 3 atom stereocenters. The topological polar surface area (TPSA) is 38.7 Å². The minimum absolute atomic E-state index is 0.168. The third-order valence-electron chi connectivity index (χ3n) is 2.87. The minimum Gasteiger partial charge on any atom is -0.390 e. The molecule has 0 bridgehead atoms. The smallest absolute Gasteiger partial charge is 0.107 e. The van der Waals surface area contributed by atoms with E-state index in [1.807, 2.05) is 30.3 Å². The molecule has 0 saturated carbocycles. The summed E-state index contributed by atoms with van der Waals surface area (Å²) in [4.78, 5) is 0. The summed E-state index contributed by atoms with van der Waals surface area (Å²) in [6.45, 7) is 1.03. The highest BCUT2D eigenvalue weighted by molar-refractivity contribution is 14.1. The zero-order valence-corrected chi connectivity index (χ0v) is 11.7. The number of aliphatic hydroxyl groups is 1. The van der Waals surface area contributed by atoms with Gasteiger partial charge < -0.3 is 14.6 Å². The lowest BCUT2D eigenvalue weighted by molar-refractivity contribution is -0.0433. The Bertz CT molecular complexity index is 331. The number of aliphatic hydroxyl groups excluding tert-OH is 1. The fraction of sp³-hybridized carbons (Fsp3) is 0.538. The van der Waals surface area contributed by atoms with Crippen LogP contribution >= 0.6 is 22.6 Å². The number of halogens is 1. The van der Waals surface area contributed by atoms with Crippen molar-refractivity contribution in [2.24, 2.45) is 0 Å². The maximum atomic E-state index is 9.78. The molecule has 0 amide bonds. The summed E-state index contributed by atoms with van der Waals surface area (Å²) < 4.78 is 12.2. The van der Waals surface area contributed by atoms with Crippen LogP contribution in [-0.2, 0) is 16.1 Å². The highest BCUT2D eigenvalue weighted by Gasteiger charge is 2.33. The zero-order valence-electron chi connectivity index (χ0n) is 9.59. The Morgan fingerprint density at radius 2 is 2.12 bits per heavy atom. The highest BCUT2D eigenvalue weighted by atomic mass is 127. The molecule has 0 aliphatic carbocycles. The van der Waals surface area contributed by atoms with Gasteiger partial charge in [0.25, 0.3) is 0 Å². The number of hydrogen-bond donors (Lipinski definition) is 1. The summed E-state index contributed by atoms with van der Waals surface area (Å²) in [5.74, 6) is 0. The van der Waals surface area contributed by atoms with E-state index in [0.29, 0.717) is 13.2 Å². The van der Waals surface area contributed by atoms with E-state index in [2.05, 4.69) is 22.6 Å². The van der Waals surface area contributed by atoms with Gasteiger partial charge >= 0.3 is 0 Å². The van der Waals surface area contributed by atoms with Crippen LogP contribution in [0.4, 0.5) is 0 Å². The van der Waals surface area contributed by atoms with Gasteiger partial charge in [-0.25, -0.2) is 0 Å². The largest absolute Gasteiger partial charge is 0.390 e. The molecule has 1 aromatic carbocycles. The molecular weight excluding hydrogens is 331 g/mol. The fourth-order valence-electron chi connectivity index (χ4n) is 1.93. The van der Waals surface area contributed by atoms with Crippen LogP contribution in [-0.4, -0.2) is 34.5 Å². The Kier molecular flexibility index (Phi) is 5.21. The Morgan fingerprint density at radius 1 is 1.35 bits per heavy atom. The Balaban J connectivity index is 1.72. The summed E-state index contributed by atoms with van der Waals surface area (Å²) in [6, 6.07) is 10.0. The van der Waals surface area contributed by atoms with Gasteiger partial charge in [0.05, 0.1) is 25.4 Å². The number of benzene rings is 1. The second-order valence-electron chi connectivity index (χ2n) is 4.25. The molecule has 2 rings (SSSR count). The second kappa shape index (κ2) is 6.68. The van der Waals surface area contributed by atoms with Crippen LogP contribution in [0, 0.1) is 0 Å². The molecule has 1 aliphatic heterocycles. The predicted octanol–water partition coefficient (Wildman–Crippen LogP) is 2.16. The maximum absolute atomic E-state index is 9.78. The molecule has 1 heterocycles. The number of hydrogen-bond acceptors (Lipinski definition) is 3. The van der Waals surface area contributed by atoms with Crippen molar-refractivity contribution >= 4 is 22.6 Å². The standard InChI is InChI=1S/C13H17IO3/c14-7-11-6-12(15)13(17-11)9-16-8-10-4-2-1-3-5-10/h1-5,11-13,15H,6-9H2/t11-,12+,13+/m1/s1. The summed E-state index contributed by atoms with van der Waals surface area (Å²) in [5.41, 5.74) is 1.14. The molecule has 0 aromatic heterocycles.